The Morgan fingerprint density at radius 2 is 1.85 bits per heavy atom. The normalized spacial score (nSPS) is 14.7. The lowest BCUT2D eigenvalue weighted by Crippen LogP contribution is -2.05. The number of halogens is 2. The Bertz CT molecular complexity index is 626. The highest BCUT2D eigenvalue weighted by Gasteiger charge is 2.15. The molecule has 2 nitrogen and oxygen atoms in total. The van der Waals surface area contributed by atoms with Crippen molar-refractivity contribution in [3.63, 3.8) is 0 Å². The second-order valence-corrected chi connectivity index (χ2v) is 6.02. The molecule has 0 aliphatic heterocycles. The maximum Gasteiger partial charge on any atom is 0.136 e. The molecule has 4 heteroatoms. The maximum absolute atomic E-state index is 6.34. The van der Waals surface area contributed by atoms with Gasteiger partial charge >= 0.3 is 0 Å². The van der Waals surface area contributed by atoms with Crippen LogP contribution in [-0.4, -0.2) is 9.97 Å². The van der Waals surface area contributed by atoms with Gasteiger partial charge in [-0.15, -0.1) is 0 Å². The van der Waals surface area contributed by atoms with Crippen molar-refractivity contribution < 1.29 is 0 Å². The van der Waals surface area contributed by atoms with Gasteiger partial charge in [0, 0.05) is 22.7 Å². The van der Waals surface area contributed by atoms with Crippen molar-refractivity contribution in [2.75, 3.05) is 0 Å². The van der Waals surface area contributed by atoms with E-state index in [0.29, 0.717) is 11.6 Å². The number of rotatable bonds is 2. The van der Waals surface area contributed by atoms with Gasteiger partial charge in [0.2, 0.25) is 0 Å². The quantitative estimate of drug-likeness (QED) is 0.596. The Hall–Kier alpha value is -1.12. The van der Waals surface area contributed by atoms with E-state index >= 15 is 0 Å². The van der Waals surface area contributed by atoms with Crippen molar-refractivity contribution in [2.45, 2.75) is 38.5 Å². The lowest BCUT2D eigenvalue weighted by Gasteiger charge is -2.09. The van der Waals surface area contributed by atoms with Gasteiger partial charge in [-0.05, 0) is 43.4 Å². The highest BCUT2D eigenvalue weighted by atomic mass is 35.5. The van der Waals surface area contributed by atoms with Crippen molar-refractivity contribution in [3.8, 4) is 0 Å². The standard InChI is InChI=1S/C16H16Cl2N2/c17-12-6-4-5-11(9-12)10-15-19-14-8-3-1-2-7-13(14)16(18)20-15/h4-6,9H,1-3,7-8,10H2. The van der Waals surface area contributed by atoms with Gasteiger partial charge in [0.15, 0.2) is 0 Å². The van der Waals surface area contributed by atoms with Crippen molar-refractivity contribution in [2.24, 2.45) is 0 Å². The molecular formula is C16H16Cl2N2. The molecule has 3 rings (SSSR count). The molecule has 0 spiro atoms. The molecule has 1 aliphatic carbocycles. The maximum atomic E-state index is 6.34. The van der Waals surface area contributed by atoms with Crippen LogP contribution < -0.4 is 0 Å². The van der Waals surface area contributed by atoms with Gasteiger partial charge < -0.3 is 0 Å². The summed E-state index contributed by atoms with van der Waals surface area (Å²) in [4.78, 5) is 9.18. The molecule has 0 radical (unpaired) electrons. The second kappa shape index (κ2) is 6.11. The number of hydrogen-bond donors (Lipinski definition) is 0. The zero-order chi connectivity index (χ0) is 13.9. The van der Waals surface area contributed by atoms with Crippen LogP contribution in [0.15, 0.2) is 24.3 Å². The Morgan fingerprint density at radius 1 is 1.00 bits per heavy atom. The van der Waals surface area contributed by atoms with Crippen LogP contribution in [-0.2, 0) is 19.3 Å². The predicted molar refractivity (Wildman–Crippen MR) is 82.6 cm³/mol. The molecule has 0 atom stereocenters. The van der Waals surface area contributed by atoms with Crippen LogP contribution in [0.3, 0.4) is 0 Å². The predicted octanol–water partition coefficient (Wildman–Crippen LogP) is 4.64. The zero-order valence-corrected chi connectivity index (χ0v) is 12.7. The first-order valence-electron chi connectivity index (χ1n) is 7.01. The monoisotopic (exact) mass is 306 g/mol. The van der Waals surface area contributed by atoms with Crippen molar-refractivity contribution >= 4 is 23.2 Å². The average molecular weight is 307 g/mol. The molecule has 0 saturated carbocycles. The molecule has 0 amide bonds. The first-order chi connectivity index (χ1) is 9.72. The van der Waals surface area contributed by atoms with E-state index < -0.39 is 0 Å². The van der Waals surface area contributed by atoms with Crippen LogP contribution in [0.5, 0.6) is 0 Å². The molecule has 104 valence electrons. The number of fused-ring (bicyclic) bond motifs is 1. The molecule has 1 aromatic carbocycles. The topological polar surface area (TPSA) is 25.8 Å². The third-order valence-electron chi connectivity index (χ3n) is 3.68. The van der Waals surface area contributed by atoms with Crippen LogP contribution in [0.4, 0.5) is 0 Å². The Balaban J connectivity index is 1.91. The third kappa shape index (κ3) is 3.13. The van der Waals surface area contributed by atoms with E-state index in [-0.39, 0.29) is 0 Å². The van der Waals surface area contributed by atoms with Gasteiger partial charge in [0.1, 0.15) is 11.0 Å². The van der Waals surface area contributed by atoms with E-state index in [1.807, 2.05) is 24.3 Å². The van der Waals surface area contributed by atoms with Gasteiger partial charge in [-0.1, -0.05) is 41.8 Å². The average Bonchev–Trinajstić information content (AvgIpc) is 2.64. The van der Waals surface area contributed by atoms with E-state index in [2.05, 4.69) is 4.98 Å². The molecule has 1 aliphatic rings. The molecule has 0 fully saturated rings. The lowest BCUT2D eigenvalue weighted by atomic mass is 10.1. The minimum Gasteiger partial charge on any atom is -0.237 e. The summed E-state index contributed by atoms with van der Waals surface area (Å²) < 4.78 is 0. The summed E-state index contributed by atoms with van der Waals surface area (Å²) in [7, 11) is 0. The first kappa shape index (κ1) is 13.8. The number of nitrogens with zero attached hydrogens (tertiary/aromatic N) is 2. The summed E-state index contributed by atoms with van der Waals surface area (Å²) in [5.41, 5.74) is 3.40. The summed E-state index contributed by atoms with van der Waals surface area (Å²) in [6.07, 6.45) is 6.32. The van der Waals surface area contributed by atoms with E-state index in [1.165, 1.54) is 19.3 Å². The van der Waals surface area contributed by atoms with E-state index in [0.717, 1.165) is 40.5 Å². The molecule has 20 heavy (non-hydrogen) atoms. The van der Waals surface area contributed by atoms with Gasteiger partial charge in [0.05, 0.1) is 0 Å². The summed E-state index contributed by atoms with van der Waals surface area (Å²) in [5, 5.41) is 1.37. The minimum absolute atomic E-state index is 0.633. The fourth-order valence-corrected chi connectivity index (χ4v) is 3.20. The van der Waals surface area contributed by atoms with Crippen LogP contribution in [0.1, 0.15) is 41.9 Å². The number of aromatic nitrogens is 2. The van der Waals surface area contributed by atoms with Crippen LogP contribution in [0, 0.1) is 0 Å². The molecule has 1 aromatic heterocycles. The zero-order valence-electron chi connectivity index (χ0n) is 11.2. The van der Waals surface area contributed by atoms with Gasteiger partial charge in [-0.2, -0.15) is 0 Å². The largest absolute Gasteiger partial charge is 0.237 e. The number of benzene rings is 1. The SMILES string of the molecule is Clc1cccc(Cc2nc(Cl)c3c(n2)CCCCC3)c1. The number of hydrogen-bond acceptors (Lipinski definition) is 2. The Kier molecular flexibility index (Phi) is 4.23. The van der Waals surface area contributed by atoms with E-state index in [9.17, 15) is 0 Å². The van der Waals surface area contributed by atoms with Crippen LogP contribution in [0.25, 0.3) is 0 Å². The highest BCUT2D eigenvalue weighted by Crippen LogP contribution is 2.25. The van der Waals surface area contributed by atoms with E-state index in [1.54, 1.807) is 0 Å². The van der Waals surface area contributed by atoms with Gasteiger partial charge in [-0.3, -0.25) is 0 Å². The molecule has 1 heterocycles. The molecule has 0 unspecified atom stereocenters. The van der Waals surface area contributed by atoms with Crippen molar-refractivity contribution in [1.82, 2.24) is 9.97 Å². The van der Waals surface area contributed by atoms with E-state index in [4.69, 9.17) is 28.2 Å². The Morgan fingerprint density at radius 3 is 2.70 bits per heavy atom. The minimum atomic E-state index is 0.633. The van der Waals surface area contributed by atoms with Crippen LogP contribution >= 0.6 is 23.2 Å². The fraction of sp³-hybridized carbons (Fsp3) is 0.375. The fourth-order valence-electron chi connectivity index (χ4n) is 2.68. The second-order valence-electron chi connectivity index (χ2n) is 5.22. The summed E-state index contributed by atoms with van der Waals surface area (Å²) >= 11 is 12.4. The lowest BCUT2D eigenvalue weighted by molar-refractivity contribution is 0.708. The summed E-state index contributed by atoms with van der Waals surface area (Å²) in [6.45, 7) is 0. The summed E-state index contributed by atoms with van der Waals surface area (Å²) in [6, 6.07) is 7.80. The molecule has 2 aromatic rings. The number of aryl methyl sites for hydroxylation is 1. The van der Waals surface area contributed by atoms with Gasteiger partial charge in [-0.25, -0.2) is 9.97 Å². The van der Waals surface area contributed by atoms with Crippen molar-refractivity contribution in [1.29, 1.82) is 0 Å². The van der Waals surface area contributed by atoms with Crippen molar-refractivity contribution in [3.05, 3.63) is 57.1 Å². The first-order valence-corrected chi connectivity index (χ1v) is 7.76. The summed E-state index contributed by atoms with van der Waals surface area (Å²) in [5.74, 6) is 0.790. The third-order valence-corrected chi connectivity index (χ3v) is 4.23. The molecule has 0 bridgehead atoms. The Labute approximate surface area is 129 Å². The molecule has 0 saturated heterocycles. The highest BCUT2D eigenvalue weighted by molar-refractivity contribution is 6.30. The van der Waals surface area contributed by atoms with Gasteiger partial charge in [0.25, 0.3) is 0 Å². The molecule has 0 N–H and O–H groups in total. The molecular weight excluding hydrogens is 291 g/mol. The van der Waals surface area contributed by atoms with Crippen LogP contribution in [0.2, 0.25) is 10.2 Å². The smallest absolute Gasteiger partial charge is 0.136 e.